The first-order valence-electron chi connectivity index (χ1n) is 9.72. The Labute approximate surface area is 171 Å². The molecule has 3 aromatic heterocycles. The average molecular weight is 394 g/mol. The summed E-state index contributed by atoms with van der Waals surface area (Å²) < 4.78 is 1.44. The van der Waals surface area contributed by atoms with Gasteiger partial charge in [0.1, 0.15) is 0 Å². The second-order valence-electron chi connectivity index (χ2n) is 7.12. The fourth-order valence-electron chi connectivity index (χ4n) is 3.65. The lowest BCUT2D eigenvalue weighted by Gasteiger charge is -2.10. The molecule has 0 saturated heterocycles. The minimum Gasteiger partial charge on any atom is -0.352 e. The highest BCUT2D eigenvalue weighted by Crippen LogP contribution is 2.20. The van der Waals surface area contributed by atoms with Crippen LogP contribution in [-0.4, -0.2) is 26.8 Å². The van der Waals surface area contributed by atoms with Gasteiger partial charge < -0.3 is 5.32 Å². The predicted octanol–water partition coefficient (Wildman–Crippen LogP) is 3.37. The van der Waals surface area contributed by atoms with Gasteiger partial charge >= 0.3 is 0 Å². The molecule has 2 aromatic carbocycles. The maximum absolute atomic E-state index is 13.1. The summed E-state index contributed by atoms with van der Waals surface area (Å²) in [7, 11) is 0. The average Bonchev–Trinajstić information content (AvgIpc) is 2.78. The second kappa shape index (κ2) is 7.40. The van der Waals surface area contributed by atoms with E-state index in [9.17, 15) is 9.59 Å². The Bertz CT molecular complexity index is 1460. The third-order valence-corrected chi connectivity index (χ3v) is 5.17. The van der Waals surface area contributed by atoms with E-state index in [0.29, 0.717) is 35.1 Å². The van der Waals surface area contributed by atoms with Crippen LogP contribution in [0.25, 0.3) is 27.3 Å². The molecule has 0 radical (unpaired) electrons. The molecule has 0 atom stereocenters. The number of hydrogen-bond acceptors (Lipinski definition) is 4. The molecule has 0 saturated carbocycles. The molecular formula is C24H18N4O2. The lowest BCUT2D eigenvalue weighted by molar-refractivity contribution is 0.0955. The fraction of sp³-hybridized carbons (Fsp3) is 0.0833. The molecule has 3 heterocycles. The van der Waals surface area contributed by atoms with Crippen LogP contribution in [0, 0.1) is 0 Å². The molecule has 146 valence electrons. The molecule has 5 rings (SSSR count). The van der Waals surface area contributed by atoms with Crippen molar-refractivity contribution in [3.05, 3.63) is 101 Å². The van der Waals surface area contributed by atoms with Gasteiger partial charge in [-0.3, -0.25) is 19.0 Å². The molecule has 5 aromatic rings. The van der Waals surface area contributed by atoms with Gasteiger partial charge in [0.2, 0.25) is 0 Å². The molecule has 0 aliphatic rings. The van der Waals surface area contributed by atoms with Gasteiger partial charge in [0.15, 0.2) is 5.65 Å². The number of nitrogens with one attached hydrogen (secondary N) is 1. The highest BCUT2D eigenvalue weighted by Gasteiger charge is 2.14. The summed E-state index contributed by atoms with van der Waals surface area (Å²) >= 11 is 0. The van der Waals surface area contributed by atoms with Gasteiger partial charge in [-0.25, -0.2) is 4.98 Å². The summed E-state index contributed by atoms with van der Waals surface area (Å²) in [4.78, 5) is 34.7. The largest absolute Gasteiger partial charge is 0.352 e. The Hall–Kier alpha value is -4.06. The molecule has 1 N–H and O–H groups in total. The van der Waals surface area contributed by atoms with E-state index in [2.05, 4.69) is 15.3 Å². The first kappa shape index (κ1) is 18.0. The molecule has 6 nitrogen and oxygen atoms in total. The molecule has 0 spiro atoms. The van der Waals surface area contributed by atoms with Gasteiger partial charge in [0.25, 0.3) is 11.5 Å². The summed E-state index contributed by atoms with van der Waals surface area (Å²) in [5.41, 5.74) is 2.16. The monoisotopic (exact) mass is 394 g/mol. The Kier molecular flexibility index (Phi) is 4.44. The van der Waals surface area contributed by atoms with Crippen molar-refractivity contribution in [2.45, 2.75) is 6.42 Å². The fourth-order valence-corrected chi connectivity index (χ4v) is 3.65. The van der Waals surface area contributed by atoms with E-state index in [1.807, 2.05) is 48.5 Å². The van der Waals surface area contributed by atoms with Crippen LogP contribution in [0.2, 0.25) is 0 Å². The van der Waals surface area contributed by atoms with Crippen molar-refractivity contribution in [3.8, 4) is 0 Å². The van der Waals surface area contributed by atoms with E-state index >= 15 is 0 Å². The topological polar surface area (TPSA) is 76.4 Å². The summed E-state index contributed by atoms with van der Waals surface area (Å²) in [6.45, 7) is 0.466. The molecule has 1 amide bonds. The minimum absolute atomic E-state index is 0.189. The number of pyridine rings is 2. The van der Waals surface area contributed by atoms with E-state index in [-0.39, 0.29) is 11.5 Å². The molecule has 0 bridgehead atoms. The van der Waals surface area contributed by atoms with E-state index in [4.69, 9.17) is 0 Å². The number of nitrogens with zero attached hydrogens (tertiary/aromatic N) is 3. The number of rotatable bonds is 4. The Balaban J connectivity index is 1.54. The standard InChI is InChI=1S/C24H18N4O2/c29-23(26-11-9-16-5-3-10-25-15-16)19-8-4-12-28-22(19)27-21-14-18-7-2-1-6-17(18)13-20(21)24(28)30/h1-8,10,12-15H,9,11H2,(H,26,29). The molecule has 0 aliphatic carbocycles. The lowest BCUT2D eigenvalue weighted by Crippen LogP contribution is -2.27. The van der Waals surface area contributed by atoms with E-state index in [1.54, 1.807) is 30.7 Å². The lowest BCUT2D eigenvalue weighted by atomic mass is 10.1. The third-order valence-electron chi connectivity index (χ3n) is 5.17. The van der Waals surface area contributed by atoms with Crippen LogP contribution in [0.1, 0.15) is 15.9 Å². The highest BCUT2D eigenvalue weighted by atomic mass is 16.1. The number of carbonyl (C=O) groups excluding carboxylic acids is 1. The van der Waals surface area contributed by atoms with Crippen molar-refractivity contribution < 1.29 is 4.79 Å². The normalized spacial score (nSPS) is 11.2. The number of benzene rings is 2. The van der Waals surface area contributed by atoms with Gasteiger partial charge in [0, 0.05) is 25.1 Å². The Morgan fingerprint density at radius 2 is 1.83 bits per heavy atom. The molecule has 0 aliphatic heterocycles. The Morgan fingerprint density at radius 1 is 1.00 bits per heavy atom. The van der Waals surface area contributed by atoms with E-state index in [1.165, 1.54) is 4.40 Å². The third kappa shape index (κ3) is 3.18. The highest BCUT2D eigenvalue weighted by molar-refractivity contribution is 6.02. The summed E-state index contributed by atoms with van der Waals surface area (Å²) in [6.07, 6.45) is 5.81. The van der Waals surface area contributed by atoms with E-state index < -0.39 is 0 Å². The molecule has 0 unspecified atom stereocenters. The quantitative estimate of drug-likeness (QED) is 0.474. The summed E-state index contributed by atoms with van der Waals surface area (Å²) in [6, 6.07) is 18.8. The van der Waals surface area contributed by atoms with Crippen LogP contribution in [0.5, 0.6) is 0 Å². The zero-order valence-corrected chi connectivity index (χ0v) is 16.1. The van der Waals surface area contributed by atoms with Crippen LogP contribution in [0.4, 0.5) is 0 Å². The van der Waals surface area contributed by atoms with Gasteiger partial charge in [-0.15, -0.1) is 0 Å². The first-order valence-corrected chi connectivity index (χ1v) is 9.72. The molecule has 30 heavy (non-hydrogen) atoms. The van der Waals surface area contributed by atoms with Gasteiger partial charge in [-0.05, 0) is 53.1 Å². The Morgan fingerprint density at radius 3 is 2.63 bits per heavy atom. The van der Waals surface area contributed by atoms with Crippen LogP contribution < -0.4 is 10.9 Å². The van der Waals surface area contributed by atoms with Gasteiger partial charge in [0.05, 0.1) is 16.5 Å². The second-order valence-corrected chi connectivity index (χ2v) is 7.12. The summed E-state index contributed by atoms with van der Waals surface area (Å²) in [5.74, 6) is -0.260. The van der Waals surface area contributed by atoms with Crippen LogP contribution >= 0.6 is 0 Å². The minimum atomic E-state index is -0.260. The van der Waals surface area contributed by atoms with Crippen molar-refractivity contribution >= 4 is 33.2 Å². The molecule has 0 fully saturated rings. The zero-order chi connectivity index (χ0) is 20.5. The smallest absolute Gasteiger partial charge is 0.265 e. The van der Waals surface area contributed by atoms with Crippen molar-refractivity contribution in [1.29, 1.82) is 0 Å². The maximum Gasteiger partial charge on any atom is 0.265 e. The molecular weight excluding hydrogens is 376 g/mol. The number of amides is 1. The molecule has 6 heteroatoms. The van der Waals surface area contributed by atoms with Gasteiger partial charge in [-0.1, -0.05) is 30.3 Å². The van der Waals surface area contributed by atoms with Crippen LogP contribution in [0.3, 0.4) is 0 Å². The van der Waals surface area contributed by atoms with Crippen LogP contribution in [0.15, 0.2) is 84.0 Å². The maximum atomic E-state index is 13.1. The predicted molar refractivity (Wildman–Crippen MR) is 117 cm³/mol. The number of hydrogen-bond donors (Lipinski definition) is 1. The van der Waals surface area contributed by atoms with Gasteiger partial charge in [-0.2, -0.15) is 0 Å². The van der Waals surface area contributed by atoms with E-state index in [0.717, 1.165) is 16.3 Å². The van der Waals surface area contributed by atoms with Crippen LogP contribution in [-0.2, 0) is 6.42 Å². The van der Waals surface area contributed by atoms with Crippen molar-refractivity contribution in [2.24, 2.45) is 0 Å². The zero-order valence-electron chi connectivity index (χ0n) is 16.1. The first-order chi connectivity index (χ1) is 14.7. The van der Waals surface area contributed by atoms with Crippen molar-refractivity contribution in [1.82, 2.24) is 19.7 Å². The summed E-state index contributed by atoms with van der Waals surface area (Å²) in [5, 5.41) is 5.42. The van der Waals surface area contributed by atoms with Crippen molar-refractivity contribution in [3.63, 3.8) is 0 Å². The number of fused-ring (bicyclic) bond motifs is 3. The SMILES string of the molecule is O=C(NCCc1cccnc1)c1cccn2c(=O)c3cc4ccccc4cc3nc12. The number of carbonyl (C=O) groups is 1. The van der Waals surface area contributed by atoms with Crippen molar-refractivity contribution in [2.75, 3.05) is 6.54 Å². The number of aromatic nitrogens is 3.